The van der Waals surface area contributed by atoms with Gasteiger partial charge in [-0.2, -0.15) is 0 Å². The Bertz CT molecular complexity index is 400. The summed E-state index contributed by atoms with van der Waals surface area (Å²) in [6.07, 6.45) is 3.55. The van der Waals surface area contributed by atoms with E-state index in [0.717, 1.165) is 12.1 Å². The van der Waals surface area contributed by atoms with E-state index in [1.165, 1.54) is 5.56 Å². The van der Waals surface area contributed by atoms with E-state index in [0.29, 0.717) is 18.9 Å². The lowest BCUT2D eigenvalue weighted by atomic mass is 10.0. The van der Waals surface area contributed by atoms with E-state index in [9.17, 15) is 4.79 Å². The van der Waals surface area contributed by atoms with Crippen molar-refractivity contribution in [2.24, 2.45) is 11.7 Å². The van der Waals surface area contributed by atoms with E-state index in [1.807, 2.05) is 12.3 Å². The van der Waals surface area contributed by atoms with E-state index < -0.39 is 6.04 Å². The number of rotatable bonds is 6. The molecule has 2 N–H and O–H groups in total. The Balaban J connectivity index is 2.57. The van der Waals surface area contributed by atoms with Crippen molar-refractivity contribution < 1.29 is 4.79 Å². The molecule has 1 heterocycles. The van der Waals surface area contributed by atoms with Crippen LogP contribution < -0.4 is 5.73 Å². The van der Waals surface area contributed by atoms with E-state index in [4.69, 9.17) is 5.73 Å². The predicted molar refractivity (Wildman–Crippen MR) is 77.5 cm³/mol. The van der Waals surface area contributed by atoms with Crippen LogP contribution in [0.5, 0.6) is 0 Å². The Labute approximate surface area is 116 Å². The molecule has 0 radical (unpaired) electrons. The third kappa shape index (κ3) is 4.99. The molecule has 0 unspecified atom stereocenters. The summed E-state index contributed by atoms with van der Waals surface area (Å²) >= 11 is 0. The lowest BCUT2D eigenvalue weighted by molar-refractivity contribution is -0.132. The van der Waals surface area contributed by atoms with Gasteiger partial charge in [0.2, 0.25) is 5.91 Å². The predicted octanol–water partition coefficient (Wildman–Crippen LogP) is 1.98. The van der Waals surface area contributed by atoms with Gasteiger partial charge in [0.15, 0.2) is 0 Å². The fourth-order valence-electron chi connectivity index (χ4n) is 1.97. The topological polar surface area (TPSA) is 59.2 Å². The van der Waals surface area contributed by atoms with Gasteiger partial charge in [-0.15, -0.1) is 0 Å². The van der Waals surface area contributed by atoms with Crippen molar-refractivity contribution in [3.63, 3.8) is 0 Å². The number of pyridine rings is 1. The standard InChI is InChI=1S/C15H25N3O/c1-5-12-6-7-13(17-9-12)10-18(4)15(19)14(16)8-11(2)3/h6-7,9,11,14H,5,8,10,16H2,1-4H3/t14-/m1/s1. The molecular formula is C15H25N3O. The van der Waals surface area contributed by atoms with Gasteiger partial charge in [0.1, 0.15) is 0 Å². The fraction of sp³-hybridized carbons (Fsp3) is 0.600. The van der Waals surface area contributed by atoms with Crippen LogP contribution in [0.25, 0.3) is 0 Å². The van der Waals surface area contributed by atoms with Crippen molar-refractivity contribution in [2.45, 2.75) is 46.2 Å². The number of likely N-dealkylation sites (N-methyl/N-ethyl adjacent to an activating group) is 1. The van der Waals surface area contributed by atoms with E-state index in [-0.39, 0.29) is 5.91 Å². The molecule has 0 saturated carbocycles. The zero-order valence-corrected chi connectivity index (χ0v) is 12.4. The molecule has 1 amide bonds. The van der Waals surface area contributed by atoms with Crippen molar-refractivity contribution in [1.29, 1.82) is 0 Å². The SMILES string of the molecule is CCc1ccc(CN(C)C(=O)[C@H](N)CC(C)C)nc1. The van der Waals surface area contributed by atoms with Gasteiger partial charge >= 0.3 is 0 Å². The molecule has 0 saturated heterocycles. The maximum absolute atomic E-state index is 12.1. The summed E-state index contributed by atoms with van der Waals surface area (Å²) in [5.74, 6) is 0.407. The van der Waals surface area contributed by atoms with Gasteiger partial charge in [-0.05, 0) is 30.4 Å². The molecule has 0 aromatic carbocycles. The molecule has 0 aliphatic heterocycles. The Kier molecular flexibility index (Phi) is 5.96. The summed E-state index contributed by atoms with van der Waals surface area (Å²) in [6.45, 7) is 6.74. The summed E-state index contributed by atoms with van der Waals surface area (Å²) in [5, 5.41) is 0. The number of aromatic nitrogens is 1. The Morgan fingerprint density at radius 3 is 2.58 bits per heavy atom. The number of hydrogen-bond donors (Lipinski definition) is 1. The van der Waals surface area contributed by atoms with Crippen LogP contribution in [0.1, 0.15) is 38.4 Å². The lowest BCUT2D eigenvalue weighted by Crippen LogP contribution is -2.42. The number of nitrogens with two attached hydrogens (primary N) is 1. The van der Waals surface area contributed by atoms with Crippen molar-refractivity contribution in [1.82, 2.24) is 9.88 Å². The maximum Gasteiger partial charge on any atom is 0.239 e. The van der Waals surface area contributed by atoms with E-state index >= 15 is 0 Å². The quantitative estimate of drug-likeness (QED) is 0.853. The summed E-state index contributed by atoms with van der Waals surface area (Å²) in [4.78, 5) is 18.1. The number of carbonyl (C=O) groups excluding carboxylic acids is 1. The third-order valence-corrected chi connectivity index (χ3v) is 3.11. The first-order valence-electron chi connectivity index (χ1n) is 6.88. The van der Waals surface area contributed by atoms with Gasteiger partial charge in [-0.3, -0.25) is 9.78 Å². The molecule has 19 heavy (non-hydrogen) atoms. The lowest BCUT2D eigenvalue weighted by Gasteiger charge is -2.22. The molecule has 1 aromatic heterocycles. The Morgan fingerprint density at radius 1 is 1.42 bits per heavy atom. The molecule has 1 atom stereocenters. The summed E-state index contributed by atoms with van der Waals surface area (Å²) in [7, 11) is 1.78. The number of hydrogen-bond acceptors (Lipinski definition) is 3. The zero-order valence-electron chi connectivity index (χ0n) is 12.4. The molecule has 1 aromatic rings. The van der Waals surface area contributed by atoms with Gasteiger partial charge in [0.05, 0.1) is 18.3 Å². The van der Waals surface area contributed by atoms with Gasteiger partial charge < -0.3 is 10.6 Å². The van der Waals surface area contributed by atoms with Crippen molar-refractivity contribution in [3.8, 4) is 0 Å². The van der Waals surface area contributed by atoms with Crippen LogP contribution in [0.2, 0.25) is 0 Å². The monoisotopic (exact) mass is 263 g/mol. The van der Waals surface area contributed by atoms with Crippen molar-refractivity contribution in [3.05, 3.63) is 29.6 Å². The Hall–Kier alpha value is -1.42. The summed E-state index contributed by atoms with van der Waals surface area (Å²) in [5.41, 5.74) is 8.00. The maximum atomic E-state index is 12.1. The highest BCUT2D eigenvalue weighted by atomic mass is 16.2. The first-order chi connectivity index (χ1) is 8.93. The smallest absolute Gasteiger partial charge is 0.239 e. The van der Waals surface area contributed by atoms with Gasteiger partial charge in [0.25, 0.3) is 0 Å². The van der Waals surface area contributed by atoms with Gasteiger partial charge in [-0.1, -0.05) is 26.8 Å². The fourth-order valence-corrected chi connectivity index (χ4v) is 1.97. The van der Waals surface area contributed by atoms with Crippen LogP contribution in [0, 0.1) is 5.92 Å². The second-order valence-electron chi connectivity index (χ2n) is 5.44. The van der Waals surface area contributed by atoms with Crippen LogP contribution in [0.4, 0.5) is 0 Å². The normalized spacial score (nSPS) is 12.5. The van der Waals surface area contributed by atoms with E-state index in [1.54, 1.807) is 11.9 Å². The minimum absolute atomic E-state index is 0.0185. The molecule has 4 heteroatoms. The third-order valence-electron chi connectivity index (χ3n) is 3.11. The minimum atomic E-state index is -0.417. The summed E-state index contributed by atoms with van der Waals surface area (Å²) < 4.78 is 0. The number of nitrogens with zero attached hydrogens (tertiary/aromatic N) is 2. The molecular weight excluding hydrogens is 238 g/mol. The van der Waals surface area contributed by atoms with Crippen molar-refractivity contribution in [2.75, 3.05) is 7.05 Å². The average molecular weight is 263 g/mol. The van der Waals surface area contributed by atoms with Gasteiger partial charge in [-0.25, -0.2) is 0 Å². The largest absolute Gasteiger partial charge is 0.339 e. The van der Waals surface area contributed by atoms with Gasteiger partial charge in [0, 0.05) is 13.2 Å². The zero-order chi connectivity index (χ0) is 14.4. The number of carbonyl (C=O) groups is 1. The first-order valence-corrected chi connectivity index (χ1v) is 6.88. The molecule has 0 fully saturated rings. The highest BCUT2D eigenvalue weighted by Crippen LogP contribution is 2.08. The second kappa shape index (κ2) is 7.24. The highest BCUT2D eigenvalue weighted by molar-refractivity contribution is 5.81. The Morgan fingerprint density at radius 2 is 2.11 bits per heavy atom. The van der Waals surface area contributed by atoms with Crippen LogP contribution in [-0.4, -0.2) is 28.9 Å². The summed E-state index contributed by atoms with van der Waals surface area (Å²) in [6, 6.07) is 3.60. The molecule has 0 aliphatic carbocycles. The van der Waals surface area contributed by atoms with Crippen LogP contribution >= 0.6 is 0 Å². The minimum Gasteiger partial charge on any atom is -0.339 e. The molecule has 1 rings (SSSR count). The average Bonchev–Trinajstić information content (AvgIpc) is 2.37. The van der Waals surface area contributed by atoms with E-state index in [2.05, 4.69) is 31.8 Å². The van der Waals surface area contributed by atoms with Crippen LogP contribution in [-0.2, 0) is 17.8 Å². The molecule has 4 nitrogen and oxygen atoms in total. The number of aryl methyl sites for hydroxylation is 1. The number of amides is 1. The highest BCUT2D eigenvalue weighted by Gasteiger charge is 2.19. The van der Waals surface area contributed by atoms with Crippen molar-refractivity contribution >= 4 is 5.91 Å². The molecule has 0 bridgehead atoms. The molecule has 106 valence electrons. The second-order valence-corrected chi connectivity index (χ2v) is 5.44. The first kappa shape index (κ1) is 15.6. The van der Waals surface area contributed by atoms with Crippen LogP contribution in [0.3, 0.4) is 0 Å². The molecule has 0 aliphatic rings. The van der Waals surface area contributed by atoms with Crippen LogP contribution in [0.15, 0.2) is 18.3 Å². The molecule has 0 spiro atoms.